The number of rotatable bonds is 1. The first-order valence-electron chi connectivity index (χ1n) is 4.93. The highest BCUT2D eigenvalue weighted by molar-refractivity contribution is 5.15. The van der Waals surface area contributed by atoms with Crippen molar-refractivity contribution in [2.75, 3.05) is 0 Å². The third-order valence-corrected chi connectivity index (χ3v) is 2.74. The monoisotopic (exact) mass is 173 g/mol. The van der Waals surface area contributed by atoms with Crippen LogP contribution in [0, 0.1) is 0 Å². The van der Waals surface area contributed by atoms with Gasteiger partial charge in [0.1, 0.15) is 0 Å². The molecule has 0 saturated carbocycles. The van der Waals surface area contributed by atoms with Crippen LogP contribution in [0.25, 0.3) is 0 Å². The maximum absolute atomic E-state index is 4.40. The summed E-state index contributed by atoms with van der Waals surface area (Å²) in [6, 6.07) is 6.19. The van der Waals surface area contributed by atoms with Crippen LogP contribution in [-0.2, 0) is 0 Å². The molecule has 0 N–H and O–H groups in total. The van der Waals surface area contributed by atoms with Gasteiger partial charge in [0.2, 0.25) is 0 Å². The predicted molar refractivity (Wildman–Crippen MR) is 54.6 cm³/mol. The molecule has 0 aromatic carbocycles. The van der Waals surface area contributed by atoms with Crippen molar-refractivity contribution < 1.29 is 0 Å². The van der Waals surface area contributed by atoms with Gasteiger partial charge in [0.25, 0.3) is 0 Å². The Morgan fingerprint density at radius 2 is 2.31 bits per heavy atom. The van der Waals surface area contributed by atoms with Crippen molar-refractivity contribution in [2.24, 2.45) is 0 Å². The first-order valence-corrected chi connectivity index (χ1v) is 4.93. The van der Waals surface area contributed by atoms with E-state index in [0.717, 1.165) is 0 Å². The smallest absolute Gasteiger partial charge is 0.0437 e. The van der Waals surface area contributed by atoms with E-state index in [4.69, 9.17) is 0 Å². The van der Waals surface area contributed by atoms with Gasteiger partial charge in [0, 0.05) is 17.8 Å². The predicted octanol–water partition coefficient (Wildman–Crippen LogP) is 3.30. The highest BCUT2D eigenvalue weighted by Crippen LogP contribution is 2.30. The van der Waals surface area contributed by atoms with Crippen LogP contribution in [0.3, 0.4) is 0 Å². The summed E-state index contributed by atoms with van der Waals surface area (Å²) in [5, 5.41) is 0. The molecular formula is C12H15N. The van der Waals surface area contributed by atoms with Crippen molar-refractivity contribution in [1.82, 2.24) is 4.98 Å². The van der Waals surface area contributed by atoms with Gasteiger partial charge in [-0.3, -0.25) is 4.98 Å². The Labute approximate surface area is 79.5 Å². The summed E-state index contributed by atoms with van der Waals surface area (Å²) >= 11 is 0. The van der Waals surface area contributed by atoms with Crippen molar-refractivity contribution in [2.45, 2.75) is 32.1 Å². The van der Waals surface area contributed by atoms with Crippen molar-refractivity contribution in [3.05, 3.63) is 41.7 Å². The minimum Gasteiger partial charge on any atom is -0.261 e. The zero-order valence-corrected chi connectivity index (χ0v) is 8.03. The summed E-state index contributed by atoms with van der Waals surface area (Å²) in [5.41, 5.74) is 2.79. The Morgan fingerprint density at radius 1 is 1.38 bits per heavy atom. The lowest BCUT2D eigenvalue weighted by Gasteiger charge is -2.19. The lowest BCUT2D eigenvalue weighted by Crippen LogP contribution is -2.04. The van der Waals surface area contributed by atoms with E-state index in [0.29, 0.717) is 5.92 Å². The molecule has 1 unspecified atom stereocenters. The van der Waals surface area contributed by atoms with Gasteiger partial charge in [0.15, 0.2) is 0 Å². The Kier molecular flexibility index (Phi) is 2.44. The molecule has 0 spiro atoms. The summed E-state index contributed by atoms with van der Waals surface area (Å²) in [5.74, 6) is 0.657. The van der Waals surface area contributed by atoms with Crippen LogP contribution in [0.4, 0.5) is 0 Å². The molecule has 1 nitrogen and oxygen atoms in total. The Morgan fingerprint density at radius 3 is 2.92 bits per heavy atom. The second-order valence-corrected chi connectivity index (χ2v) is 3.78. The first-order chi connectivity index (χ1) is 6.36. The zero-order chi connectivity index (χ0) is 9.10. The van der Waals surface area contributed by atoms with Gasteiger partial charge in [-0.1, -0.05) is 17.7 Å². The number of hydrogen-bond acceptors (Lipinski definition) is 1. The van der Waals surface area contributed by atoms with Gasteiger partial charge in [-0.25, -0.2) is 0 Å². The van der Waals surface area contributed by atoms with E-state index in [-0.39, 0.29) is 0 Å². The standard InChI is InChI=1S/C12H15N/c1-10-5-7-11(8-6-10)12-4-2-3-9-13-12/h2-5,9,11H,6-8H2,1H3. The van der Waals surface area contributed by atoms with Gasteiger partial charge in [-0.15, -0.1) is 0 Å². The molecule has 0 fully saturated rings. The molecular weight excluding hydrogens is 158 g/mol. The molecule has 0 radical (unpaired) electrons. The Bertz CT molecular complexity index is 300. The molecule has 0 amide bonds. The number of hydrogen-bond donors (Lipinski definition) is 0. The van der Waals surface area contributed by atoms with Crippen LogP contribution in [-0.4, -0.2) is 4.98 Å². The molecule has 1 atom stereocenters. The van der Waals surface area contributed by atoms with Gasteiger partial charge < -0.3 is 0 Å². The highest BCUT2D eigenvalue weighted by Gasteiger charge is 2.14. The van der Waals surface area contributed by atoms with E-state index in [2.05, 4.69) is 30.1 Å². The third-order valence-electron chi connectivity index (χ3n) is 2.74. The second kappa shape index (κ2) is 3.73. The fourth-order valence-corrected chi connectivity index (χ4v) is 1.85. The van der Waals surface area contributed by atoms with E-state index in [1.54, 1.807) is 0 Å². The van der Waals surface area contributed by atoms with Gasteiger partial charge >= 0.3 is 0 Å². The fraction of sp³-hybridized carbons (Fsp3) is 0.417. The minimum atomic E-state index is 0.657. The number of pyridine rings is 1. The molecule has 1 aromatic rings. The van der Waals surface area contributed by atoms with Gasteiger partial charge in [-0.2, -0.15) is 0 Å². The Balaban J connectivity index is 2.12. The van der Waals surface area contributed by atoms with E-state index >= 15 is 0 Å². The van der Waals surface area contributed by atoms with Crippen LogP contribution in [0.2, 0.25) is 0 Å². The van der Waals surface area contributed by atoms with Crippen molar-refractivity contribution in [1.29, 1.82) is 0 Å². The summed E-state index contributed by atoms with van der Waals surface area (Å²) < 4.78 is 0. The summed E-state index contributed by atoms with van der Waals surface area (Å²) in [4.78, 5) is 4.40. The summed E-state index contributed by atoms with van der Waals surface area (Å²) in [6.45, 7) is 2.22. The van der Waals surface area contributed by atoms with Crippen molar-refractivity contribution in [3.8, 4) is 0 Å². The second-order valence-electron chi connectivity index (χ2n) is 3.78. The Hall–Kier alpha value is -1.11. The summed E-state index contributed by atoms with van der Waals surface area (Å²) in [6.07, 6.45) is 7.91. The molecule has 1 aromatic heterocycles. The molecule has 2 rings (SSSR count). The average Bonchev–Trinajstić information content (AvgIpc) is 2.20. The molecule has 68 valence electrons. The molecule has 0 aliphatic heterocycles. The molecule has 0 saturated heterocycles. The zero-order valence-electron chi connectivity index (χ0n) is 8.03. The molecule has 1 heteroatoms. The fourth-order valence-electron chi connectivity index (χ4n) is 1.85. The van der Waals surface area contributed by atoms with Crippen molar-refractivity contribution >= 4 is 0 Å². The quantitative estimate of drug-likeness (QED) is 0.594. The molecule has 13 heavy (non-hydrogen) atoms. The lowest BCUT2D eigenvalue weighted by molar-refractivity contribution is 0.585. The molecule has 1 aliphatic carbocycles. The lowest BCUT2D eigenvalue weighted by atomic mass is 9.88. The summed E-state index contributed by atoms with van der Waals surface area (Å²) in [7, 11) is 0. The largest absolute Gasteiger partial charge is 0.261 e. The molecule has 1 aliphatic rings. The molecule has 0 bridgehead atoms. The first kappa shape index (κ1) is 8.49. The minimum absolute atomic E-state index is 0.657. The van der Waals surface area contributed by atoms with Crippen LogP contribution < -0.4 is 0 Å². The van der Waals surface area contributed by atoms with E-state index in [1.165, 1.54) is 30.5 Å². The maximum Gasteiger partial charge on any atom is 0.0437 e. The van der Waals surface area contributed by atoms with Gasteiger partial charge in [0.05, 0.1) is 0 Å². The van der Waals surface area contributed by atoms with E-state index in [9.17, 15) is 0 Å². The number of nitrogens with zero attached hydrogens (tertiary/aromatic N) is 1. The maximum atomic E-state index is 4.40. The van der Waals surface area contributed by atoms with Crippen molar-refractivity contribution in [3.63, 3.8) is 0 Å². The van der Waals surface area contributed by atoms with Crippen LogP contribution in [0.1, 0.15) is 37.8 Å². The van der Waals surface area contributed by atoms with E-state index in [1.807, 2.05) is 12.3 Å². The SMILES string of the molecule is CC1=CCC(c2ccccn2)CC1. The number of aromatic nitrogens is 1. The van der Waals surface area contributed by atoms with Crippen LogP contribution >= 0.6 is 0 Å². The third kappa shape index (κ3) is 1.97. The topological polar surface area (TPSA) is 12.9 Å². The average molecular weight is 173 g/mol. The number of allylic oxidation sites excluding steroid dienone is 2. The van der Waals surface area contributed by atoms with Gasteiger partial charge in [-0.05, 0) is 38.3 Å². The molecule has 1 heterocycles. The normalized spacial score (nSPS) is 22.5. The van der Waals surface area contributed by atoms with E-state index < -0.39 is 0 Å². The highest BCUT2D eigenvalue weighted by atomic mass is 14.7. The van der Waals surface area contributed by atoms with Crippen LogP contribution in [0.5, 0.6) is 0 Å². The van der Waals surface area contributed by atoms with Crippen LogP contribution in [0.15, 0.2) is 36.0 Å².